The molecule has 0 radical (unpaired) electrons. The lowest BCUT2D eigenvalue weighted by Crippen LogP contribution is -2.34. The summed E-state index contributed by atoms with van der Waals surface area (Å²) in [6.45, 7) is 3.28. The quantitative estimate of drug-likeness (QED) is 0.307. The third-order valence-corrected chi connectivity index (χ3v) is 8.27. The van der Waals surface area contributed by atoms with Gasteiger partial charge in [-0.15, -0.1) is 0 Å². The van der Waals surface area contributed by atoms with E-state index in [9.17, 15) is 12.8 Å². The Morgan fingerprint density at radius 1 is 0.943 bits per heavy atom. The number of hydrogen-bond donors (Lipinski definition) is 0. The molecule has 1 aromatic heterocycles. The van der Waals surface area contributed by atoms with Gasteiger partial charge in [-0.05, 0) is 73.6 Å². The van der Waals surface area contributed by atoms with Crippen LogP contribution in [0.15, 0.2) is 93.2 Å². The first-order valence-corrected chi connectivity index (χ1v) is 13.3. The van der Waals surface area contributed by atoms with E-state index in [2.05, 4.69) is 29.2 Å². The molecule has 0 spiro atoms. The number of piperidine rings is 1. The second-order valence-corrected chi connectivity index (χ2v) is 10.9. The Hall–Kier alpha value is -3.45. The highest BCUT2D eigenvalue weighted by molar-refractivity contribution is 7.91. The van der Waals surface area contributed by atoms with Gasteiger partial charge in [0.05, 0.1) is 4.90 Å². The zero-order valence-corrected chi connectivity index (χ0v) is 20.3. The fourth-order valence-corrected chi connectivity index (χ4v) is 5.94. The van der Waals surface area contributed by atoms with Crippen molar-refractivity contribution in [2.75, 3.05) is 18.0 Å². The number of nitrogens with zero attached hydrogens (tertiary/aromatic N) is 2. The third kappa shape index (κ3) is 4.86. The van der Waals surface area contributed by atoms with Crippen molar-refractivity contribution < 1.29 is 17.2 Å². The van der Waals surface area contributed by atoms with E-state index in [0.717, 1.165) is 42.5 Å². The summed E-state index contributed by atoms with van der Waals surface area (Å²) in [6, 6.07) is 22.8. The van der Waals surface area contributed by atoms with E-state index in [1.807, 2.05) is 42.2 Å². The monoisotopic (exact) mass is 490 g/mol. The smallest absolute Gasteiger partial charge is 0.236 e. The van der Waals surface area contributed by atoms with Crippen molar-refractivity contribution in [2.45, 2.75) is 36.1 Å². The van der Waals surface area contributed by atoms with Crippen LogP contribution in [0.3, 0.4) is 0 Å². The summed E-state index contributed by atoms with van der Waals surface area (Å²) in [5.74, 6) is 0.547. The fourth-order valence-electron chi connectivity index (χ4n) is 4.61. The lowest BCUT2D eigenvalue weighted by Gasteiger charge is -2.32. The highest BCUT2D eigenvalue weighted by atomic mass is 32.2. The van der Waals surface area contributed by atoms with Gasteiger partial charge in [-0.1, -0.05) is 48.5 Å². The maximum absolute atomic E-state index is 13.6. The normalized spacial score (nSPS) is 14.9. The molecule has 5 rings (SSSR count). The van der Waals surface area contributed by atoms with Gasteiger partial charge in [-0.3, -0.25) is 0 Å². The van der Waals surface area contributed by atoms with Gasteiger partial charge in [0.25, 0.3) is 0 Å². The summed E-state index contributed by atoms with van der Waals surface area (Å²) in [6.07, 6.45) is 2.84. The summed E-state index contributed by atoms with van der Waals surface area (Å²) in [5.41, 5.74) is 2.99. The molecule has 1 aliphatic heterocycles. The molecule has 5 nitrogen and oxygen atoms in total. The lowest BCUT2D eigenvalue weighted by molar-refractivity contribution is 0.387. The molecule has 0 amide bonds. The first kappa shape index (κ1) is 23.3. The minimum Gasteiger partial charge on any atom is -0.419 e. The Labute approximate surface area is 205 Å². The molecule has 0 atom stereocenters. The molecule has 35 heavy (non-hydrogen) atoms. The maximum Gasteiger partial charge on any atom is 0.236 e. The zero-order chi connectivity index (χ0) is 24.4. The number of benzene rings is 3. The van der Waals surface area contributed by atoms with Crippen LogP contribution in [-0.2, 0) is 16.3 Å². The molecule has 4 aromatic rings. The Balaban J connectivity index is 1.48. The van der Waals surface area contributed by atoms with Crippen LogP contribution in [0.25, 0.3) is 11.5 Å². The molecule has 0 aliphatic carbocycles. The summed E-state index contributed by atoms with van der Waals surface area (Å²) in [7, 11) is -4.01. The Bertz CT molecular complexity index is 1410. The Morgan fingerprint density at radius 3 is 2.29 bits per heavy atom. The molecule has 1 saturated heterocycles. The van der Waals surface area contributed by atoms with Crippen molar-refractivity contribution >= 4 is 15.7 Å². The van der Waals surface area contributed by atoms with Gasteiger partial charge < -0.3 is 9.32 Å². The van der Waals surface area contributed by atoms with Gasteiger partial charge in [-0.25, -0.2) is 12.8 Å². The van der Waals surface area contributed by atoms with E-state index in [1.54, 1.807) is 0 Å². The van der Waals surface area contributed by atoms with Crippen molar-refractivity contribution in [3.63, 3.8) is 0 Å². The van der Waals surface area contributed by atoms with E-state index in [0.29, 0.717) is 19.0 Å². The van der Waals surface area contributed by atoms with Crippen LogP contribution in [0.2, 0.25) is 0 Å². The average Bonchev–Trinajstić information content (AvgIpc) is 3.32. The molecule has 7 heteroatoms. The zero-order valence-electron chi connectivity index (χ0n) is 19.5. The van der Waals surface area contributed by atoms with E-state index in [4.69, 9.17) is 4.42 Å². The molecule has 0 N–H and O–H groups in total. The molecule has 0 bridgehead atoms. The minimum atomic E-state index is -4.01. The largest absolute Gasteiger partial charge is 0.419 e. The fraction of sp³-hybridized carbons (Fsp3) is 0.250. The van der Waals surface area contributed by atoms with E-state index < -0.39 is 15.7 Å². The van der Waals surface area contributed by atoms with Crippen molar-refractivity contribution in [3.05, 3.63) is 95.8 Å². The number of anilines is 1. The number of hydrogen-bond acceptors (Lipinski definition) is 5. The molecule has 1 fully saturated rings. The summed E-state index contributed by atoms with van der Waals surface area (Å²) < 4.78 is 46.8. The number of oxazole rings is 1. The summed E-state index contributed by atoms with van der Waals surface area (Å²) in [4.78, 5) is 6.45. The molecular weight excluding hydrogens is 463 g/mol. The van der Waals surface area contributed by atoms with Crippen LogP contribution in [0.1, 0.15) is 24.0 Å². The second kappa shape index (κ2) is 9.66. The summed E-state index contributed by atoms with van der Waals surface area (Å²) in [5, 5.41) is -0.121. The lowest BCUT2D eigenvalue weighted by atomic mass is 9.90. The molecule has 3 aromatic carbocycles. The van der Waals surface area contributed by atoms with Gasteiger partial charge >= 0.3 is 0 Å². The molecule has 0 saturated carbocycles. The van der Waals surface area contributed by atoms with Crippen LogP contribution in [0.4, 0.5) is 10.3 Å². The number of sulfone groups is 1. The predicted octanol–water partition coefficient (Wildman–Crippen LogP) is 6.08. The van der Waals surface area contributed by atoms with Crippen molar-refractivity contribution in [1.82, 2.24) is 4.98 Å². The maximum atomic E-state index is 13.6. The molecule has 2 heterocycles. The van der Waals surface area contributed by atoms with E-state index in [1.165, 1.54) is 17.7 Å². The molecule has 1 aliphatic rings. The van der Waals surface area contributed by atoms with Crippen molar-refractivity contribution in [2.24, 2.45) is 5.92 Å². The van der Waals surface area contributed by atoms with E-state index in [-0.39, 0.29) is 21.7 Å². The average molecular weight is 491 g/mol. The molecule has 180 valence electrons. The van der Waals surface area contributed by atoms with Crippen LogP contribution < -0.4 is 4.90 Å². The van der Waals surface area contributed by atoms with Crippen molar-refractivity contribution in [3.8, 4) is 11.5 Å². The van der Waals surface area contributed by atoms with Crippen LogP contribution >= 0.6 is 0 Å². The Kier molecular flexibility index (Phi) is 6.43. The predicted molar refractivity (Wildman–Crippen MR) is 134 cm³/mol. The number of rotatable bonds is 6. The second-order valence-electron chi connectivity index (χ2n) is 9.02. The molecule has 0 unspecified atom stereocenters. The number of halogens is 1. The van der Waals surface area contributed by atoms with Crippen LogP contribution in [0.5, 0.6) is 0 Å². The Morgan fingerprint density at radius 2 is 1.60 bits per heavy atom. The third-order valence-electron chi connectivity index (χ3n) is 6.60. The SMILES string of the molecule is Cc1ccccc1-c1nc(S(=O)(=O)c2ccc(F)cc2)c(N2CCC(Cc3ccccc3)CC2)o1. The topological polar surface area (TPSA) is 63.4 Å². The van der Waals surface area contributed by atoms with E-state index >= 15 is 0 Å². The highest BCUT2D eigenvalue weighted by Gasteiger charge is 2.33. The van der Waals surface area contributed by atoms with Gasteiger partial charge in [-0.2, -0.15) is 4.98 Å². The number of aryl methyl sites for hydroxylation is 1. The first-order chi connectivity index (χ1) is 16.9. The van der Waals surface area contributed by atoms with Crippen LogP contribution in [0, 0.1) is 18.7 Å². The first-order valence-electron chi connectivity index (χ1n) is 11.8. The van der Waals surface area contributed by atoms with Crippen LogP contribution in [-0.4, -0.2) is 26.5 Å². The standard InChI is InChI=1S/C28H27FN2O3S/c1-20-7-5-6-10-25(20)26-30-27(35(32,33)24-13-11-23(29)12-14-24)28(34-26)31-17-15-22(16-18-31)19-21-8-3-2-4-9-21/h2-14,22H,15-19H2,1H3. The van der Waals surface area contributed by atoms with Gasteiger partial charge in [0.2, 0.25) is 26.6 Å². The summed E-state index contributed by atoms with van der Waals surface area (Å²) >= 11 is 0. The van der Waals surface area contributed by atoms with Gasteiger partial charge in [0, 0.05) is 18.7 Å². The van der Waals surface area contributed by atoms with Gasteiger partial charge in [0.15, 0.2) is 0 Å². The number of aromatic nitrogens is 1. The highest BCUT2D eigenvalue weighted by Crippen LogP contribution is 2.37. The minimum absolute atomic E-state index is 0.0104. The molecular formula is C28H27FN2O3S. The van der Waals surface area contributed by atoms with Gasteiger partial charge in [0.1, 0.15) is 5.82 Å². The van der Waals surface area contributed by atoms with Crippen molar-refractivity contribution in [1.29, 1.82) is 0 Å².